The maximum absolute atomic E-state index is 8.39. The molecule has 0 spiro atoms. The van der Waals surface area contributed by atoms with Crippen LogP contribution >= 0.6 is 0 Å². The van der Waals surface area contributed by atoms with Crippen LogP contribution in [0.15, 0.2) is 29.4 Å². The molecular weight excluding hydrogens is 238 g/mol. The highest BCUT2D eigenvalue weighted by Crippen LogP contribution is 2.14. The third-order valence-electron chi connectivity index (χ3n) is 3.14. The minimum Gasteiger partial charge on any atom is -0.409 e. The summed E-state index contributed by atoms with van der Waals surface area (Å²) in [5.41, 5.74) is 8.08. The number of benzene rings is 1. The molecule has 0 heterocycles. The third kappa shape index (κ3) is 6.25. The summed E-state index contributed by atoms with van der Waals surface area (Å²) in [5.74, 6) is 0.893. The molecule has 0 atom stereocenters. The van der Waals surface area contributed by atoms with Crippen LogP contribution in [0.4, 0.5) is 0 Å². The summed E-state index contributed by atoms with van der Waals surface area (Å²) in [7, 11) is 0. The fourth-order valence-corrected chi connectivity index (χ4v) is 1.86. The molecule has 1 rings (SSSR count). The number of nitrogens with two attached hydrogens (primary N) is 1. The number of nitrogens with one attached hydrogen (secondary N) is 1. The van der Waals surface area contributed by atoms with E-state index in [9.17, 15) is 0 Å². The van der Waals surface area contributed by atoms with Crippen LogP contribution in [0.2, 0.25) is 0 Å². The Morgan fingerprint density at radius 1 is 1.26 bits per heavy atom. The second-order valence-corrected chi connectivity index (χ2v) is 5.12. The lowest BCUT2D eigenvalue weighted by Gasteiger charge is -2.08. The summed E-state index contributed by atoms with van der Waals surface area (Å²) in [5, 5.41) is 14.7. The molecule has 0 aliphatic rings. The Balaban J connectivity index is 2.16. The molecule has 0 radical (unpaired) electrons. The Morgan fingerprint density at radius 2 is 1.95 bits per heavy atom. The van der Waals surface area contributed by atoms with E-state index in [0.29, 0.717) is 18.2 Å². The van der Waals surface area contributed by atoms with Gasteiger partial charge in [0.05, 0.1) is 0 Å². The van der Waals surface area contributed by atoms with Gasteiger partial charge in [0.15, 0.2) is 0 Å². The van der Waals surface area contributed by atoms with Crippen molar-refractivity contribution in [2.75, 3.05) is 6.54 Å². The largest absolute Gasteiger partial charge is 0.409 e. The molecule has 0 saturated heterocycles. The Labute approximate surface area is 115 Å². The van der Waals surface area contributed by atoms with Crippen LogP contribution in [0.1, 0.15) is 50.2 Å². The van der Waals surface area contributed by atoms with Crippen molar-refractivity contribution >= 4 is 5.84 Å². The SMILES string of the molecule is CC(C)c1ccc(CNCCCCC(N)=NO)cc1. The van der Waals surface area contributed by atoms with Gasteiger partial charge in [-0.2, -0.15) is 0 Å². The van der Waals surface area contributed by atoms with Crippen molar-refractivity contribution in [2.24, 2.45) is 10.9 Å². The van der Waals surface area contributed by atoms with Gasteiger partial charge in [0.25, 0.3) is 0 Å². The summed E-state index contributed by atoms with van der Waals surface area (Å²) in [4.78, 5) is 0. The number of unbranched alkanes of at least 4 members (excludes halogenated alkanes) is 1. The smallest absolute Gasteiger partial charge is 0.139 e. The van der Waals surface area contributed by atoms with Crippen LogP contribution in [0.25, 0.3) is 0 Å². The van der Waals surface area contributed by atoms with Gasteiger partial charge in [0, 0.05) is 13.0 Å². The first-order chi connectivity index (χ1) is 9.13. The van der Waals surface area contributed by atoms with E-state index in [0.717, 1.165) is 25.9 Å². The van der Waals surface area contributed by atoms with Crippen molar-refractivity contribution < 1.29 is 5.21 Å². The summed E-state index contributed by atoms with van der Waals surface area (Å²) >= 11 is 0. The molecule has 0 fully saturated rings. The Kier molecular flexibility index (Phi) is 6.97. The molecule has 1 aromatic rings. The van der Waals surface area contributed by atoms with E-state index in [4.69, 9.17) is 10.9 Å². The van der Waals surface area contributed by atoms with Crippen molar-refractivity contribution in [1.29, 1.82) is 0 Å². The van der Waals surface area contributed by atoms with Crippen molar-refractivity contribution in [2.45, 2.75) is 45.6 Å². The van der Waals surface area contributed by atoms with Crippen LogP contribution in [0.5, 0.6) is 0 Å². The molecule has 1 aromatic carbocycles. The maximum atomic E-state index is 8.39. The zero-order valence-corrected chi connectivity index (χ0v) is 11.9. The minimum atomic E-state index is 0.310. The maximum Gasteiger partial charge on any atom is 0.139 e. The molecule has 19 heavy (non-hydrogen) atoms. The molecule has 0 aliphatic carbocycles. The lowest BCUT2D eigenvalue weighted by molar-refractivity contribution is 0.316. The van der Waals surface area contributed by atoms with Crippen molar-refractivity contribution in [3.63, 3.8) is 0 Å². The van der Waals surface area contributed by atoms with Gasteiger partial charge in [-0.25, -0.2) is 0 Å². The van der Waals surface area contributed by atoms with Gasteiger partial charge in [0.2, 0.25) is 0 Å². The second kappa shape index (κ2) is 8.53. The van der Waals surface area contributed by atoms with Gasteiger partial charge < -0.3 is 16.3 Å². The van der Waals surface area contributed by atoms with Crippen molar-refractivity contribution in [1.82, 2.24) is 5.32 Å². The average Bonchev–Trinajstić information content (AvgIpc) is 2.42. The lowest BCUT2D eigenvalue weighted by atomic mass is 10.0. The van der Waals surface area contributed by atoms with Crippen LogP contribution in [-0.4, -0.2) is 17.6 Å². The fraction of sp³-hybridized carbons (Fsp3) is 0.533. The molecule has 106 valence electrons. The Bertz CT molecular complexity index is 385. The van der Waals surface area contributed by atoms with Gasteiger partial charge in [-0.3, -0.25) is 0 Å². The number of nitrogens with zero attached hydrogens (tertiary/aromatic N) is 1. The zero-order valence-electron chi connectivity index (χ0n) is 11.9. The molecule has 0 bridgehead atoms. The van der Waals surface area contributed by atoms with Gasteiger partial charge in [-0.1, -0.05) is 43.3 Å². The Hall–Kier alpha value is -1.55. The molecule has 0 aliphatic heterocycles. The first kappa shape index (κ1) is 15.5. The predicted octanol–water partition coefficient (Wildman–Crippen LogP) is 2.82. The first-order valence-electron chi connectivity index (χ1n) is 6.89. The number of hydrogen-bond acceptors (Lipinski definition) is 3. The van der Waals surface area contributed by atoms with Crippen LogP contribution in [0.3, 0.4) is 0 Å². The predicted molar refractivity (Wildman–Crippen MR) is 79.5 cm³/mol. The quantitative estimate of drug-likeness (QED) is 0.222. The van der Waals surface area contributed by atoms with E-state index in [1.165, 1.54) is 11.1 Å². The molecule has 4 nitrogen and oxygen atoms in total. The summed E-state index contributed by atoms with van der Waals surface area (Å²) in [6, 6.07) is 8.75. The van der Waals surface area contributed by atoms with Crippen LogP contribution in [-0.2, 0) is 6.54 Å². The summed E-state index contributed by atoms with van der Waals surface area (Å²) in [6.07, 6.45) is 2.62. The number of hydrogen-bond donors (Lipinski definition) is 3. The van der Waals surface area contributed by atoms with Gasteiger partial charge >= 0.3 is 0 Å². The summed E-state index contributed by atoms with van der Waals surface area (Å²) < 4.78 is 0. The standard InChI is InChI=1S/C15H25N3O/c1-12(2)14-8-6-13(7-9-14)11-17-10-4-3-5-15(16)18-19/h6-9,12,17,19H,3-5,10-11H2,1-2H3,(H2,16,18). The number of amidine groups is 1. The van der Waals surface area contributed by atoms with E-state index in [-0.39, 0.29) is 0 Å². The molecule has 0 unspecified atom stereocenters. The van der Waals surface area contributed by atoms with E-state index in [2.05, 4.69) is 48.6 Å². The highest BCUT2D eigenvalue weighted by molar-refractivity contribution is 5.79. The zero-order chi connectivity index (χ0) is 14.1. The molecular formula is C15H25N3O. The van der Waals surface area contributed by atoms with E-state index in [1.54, 1.807) is 0 Å². The highest BCUT2D eigenvalue weighted by Gasteiger charge is 1.99. The molecule has 4 heteroatoms. The molecule has 4 N–H and O–H groups in total. The number of oxime groups is 1. The van der Waals surface area contributed by atoms with E-state index in [1.807, 2.05) is 0 Å². The average molecular weight is 263 g/mol. The first-order valence-corrected chi connectivity index (χ1v) is 6.89. The molecule has 0 amide bonds. The van der Waals surface area contributed by atoms with Gasteiger partial charge in [0.1, 0.15) is 5.84 Å². The molecule has 0 saturated carbocycles. The normalized spacial score (nSPS) is 12.1. The van der Waals surface area contributed by atoms with Crippen molar-refractivity contribution in [3.05, 3.63) is 35.4 Å². The van der Waals surface area contributed by atoms with E-state index < -0.39 is 0 Å². The van der Waals surface area contributed by atoms with Crippen LogP contribution < -0.4 is 11.1 Å². The summed E-state index contributed by atoms with van der Waals surface area (Å²) in [6.45, 7) is 6.25. The Morgan fingerprint density at radius 3 is 2.53 bits per heavy atom. The fourth-order valence-electron chi connectivity index (χ4n) is 1.86. The van der Waals surface area contributed by atoms with Crippen molar-refractivity contribution in [3.8, 4) is 0 Å². The highest BCUT2D eigenvalue weighted by atomic mass is 16.4. The van der Waals surface area contributed by atoms with E-state index >= 15 is 0 Å². The van der Waals surface area contributed by atoms with Crippen LogP contribution in [0, 0.1) is 0 Å². The topological polar surface area (TPSA) is 70.6 Å². The lowest BCUT2D eigenvalue weighted by Crippen LogP contribution is -2.16. The second-order valence-electron chi connectivity index (χ2n) is 5.12. The van der Waals surface area contributed by atoms with Gasteiger partial charge in [-0.15, -0.1) is 0 Å². The molecule has 0 aromatic heterocycles. The third-order valence-corrected chi connectivity index (χ3v) is 3.14. The minimum absolute atomic E-state index is 0.310. The number of rotatable bonds is 8. The monoisotopic (exact) mass is 263 g/mol. The van der Waals surface area contributed by atoms with Gasteiger partial charge in [-0.05, 0) is 36.4 Å².